The first-order valence-electron chi connectivity index (χ1n) is 10.5. The zero-order chi connectivity index (χ0) is 23.8. The number of nitrogens with zero attached hydrogens (tertiary/aromatic N) is 2. The monoisotopic (exact) mass is 458 g/mol. The van der Waals surface area contributed by atoms with Crippen molar-refractivity contribution in [3.05, 3.63) is 79.8 Å². The van der Waals surface area contributed by atoms with Gasteiger partial charge in [0.15, 0.2) is 0 Å². The highest BCUT2D eigenvalue weighted by atomic mass is 32.1. The number of nitrogens with one attached hydrogen (secondary N) is 1. The van der Waals surface area contributed by atoms with Crippen LogP contribution in [0.2, 0.25) is 0 Å². The summed E-state index contributed by atoms with van der Waals surface area (Å²) in [4.78, 5) is 28.9. The van der Waals surface area contributed by atoms with Gasteiger partial charge in [-0.1, -0.05) is 49.4 Å². The van der Waals surface area contributed by atoms with Crippen molar-refractivity contribution >= 4 is 28.9 Å². The topological polar surface area (TPSA) is 83.6 Å². The average Bonchev–Trinajstić information content (AvgIpc) is 3.16. The first kappa shape index (κ1) is 23.7. The second-order valence-corrected chi connectivity index (χ2v) is 8.53. The van der Waals surface area contributed by atoms with Crippen LogP contribution in [-0.4, -0.2) is 19.0 Å². The van der Waals surface area contributed by atoms with Crippen LogP contribution in [0.3, 0.4) is 0 Å². The number of ether oxygens (including phenoxy) is 1. The molecule has 1 amide bonds. The SMILES string of the molecule is CCCC(=O)[N+]#Cc1ccccc1-c1ccc(CNc2c(C(=O)OC)sc(C)c2C#N)cc1. The van der Waals surface area contributed by atoms with Crippen LogP contribution in [0.25, 0.3) is 16.0 Å². The summed E-state index contributed by atoms with van der Waals surface area (Å²) in [7, 11) is 1.33. The van der Waals surface area contributed by atoms with Gasteiger partial charge in [-0.15, -0.1) is 11.3 Å². The number of carbonyl (C=O) groups excluding carboxylic acids is 2. The number of carbonyl (C=O) groups is 2. The van der Waals surface area contributed by atoms with Crippen molar-refractivity contribution in [3.8, 4) is 23.3 Å². The molecule has 0 unspecified atom stereocenters. The Morgan fingerprint density at radius 1 is 1.15 bits per heavy atom. The average molecular weight is 459 g/mol. The van der Waals surface area contributed by atoms with Crippen LogP contribution in [0.15, 0.2) is 48.5 Å². The smallest absolute Gasteiger partial charge is 0.465 e. The maximum absolute atomic E-state index is 12.1. The first-order valence-corrected chi connectivity index (χ1v) is 11.3. The van der Waals surface area contributed by atoms with E-state index < -0.39 is 5.97 Å². The third-order valence-corrected chi connectivity index (χ3v) is 6.08. The summed E-state index contributed by atoms with van der Waals surface area (Å²) < 4.78 is 4.85. The second kappa shape index (κ2) is 11.1. The van der Waals surface area contributed by atoms with Crippen LogP contribution >= 0.6 is 11.3 Å². The summed E-state index contributed by atoms with van der Waals surface area (Å²) in [5, 5.41) is 12.7. The number of methoxy groups -OCH3 is 1. The Kier molecular flexibility index (Phi) is 7.96. The van der Waals surface area contributed by atoms with E-state index in [1.54, 1.807) is 0 Å². The molecule has 1 heterocycles. The van der Waals surface area contributed by atoms with Gasteiger partial charge in [-0.2, -0.15) is 5.26 Å². The fourth-order valence-corrected chi connectivity index (χ4v) is 4.30. The van der Waals surface area contributed by atoms with Gasteiger partial charge in [-0.25, -0.2) is 9.59 Å². The first-order chi connectivity index (χ1) is 16.0. The highest BCUT2D eigenvalue weighted by molar-refractivity contribution is 7.14. The van der Waals surface area contributed by atoms with Gasteiger partial charge in [-0.3, -0.25) is 0 Å². The lowest BCUT2D eigenvalue weighted by molar-refractivity contribution is -0.114. The van der Waals surface area contributed by atoms with Gasteiger partial charge in [0.2, 0.25) is 0 Å². The standard InChI is InChI=1S/C26H23N3O3S/c1-4-7-23(30)28-16-20-8-5-6-9-21(20)19-12-10-18(11-13-19)15-29-24-22(14-27)17(2)33-25(24)26(31)32-3/h5-6,8-13H,4,7,15H2,1-3H3/p+1. The molecule has 0 radical (unpaired) electrons. The normalized spacial score (nSPS) is 10.0. The molecule has 0 aliphatic heterocycles. The Morgan fingerprint density at radius 2 is 1.88 bits per heavy atom. The van der Waals surface area contributed by atoms with Gasteiger partial charge < -0.3 is 10.1 Å². The predicted molar refractivity (Wildman–Crippen MR) is 131 cm³/mol. The van der Waals surface area contributed by atoms with E-state index in [0.717, 1.165) is 33.6 Å². The molecule has 1 aromatic heterocycles. The molecule has 0 saturated heterocycles. The van der Waals surface area contributed by atoms with E-state index in [1.165, 1.54) is 18.4 Å². The summed E-state index contributed by atoms with van der Waals surface area (Å²) in [6.45, 7) is 4.19. The molecular formula is C26H24N3O3S+. The third kappa shape index (κ3) is 5.65. The van der Waals surface area contributed by atoms with Crippen LogP contribution in [-0.2, 0) is 16.1 Å². The largest absolute Gasteiger partial charge is 0.515 e. The third-order valence-electron chi connectivity index (χ3n) is 4.99. The lowest BCUT2D eigenvalue weighted by Crippen LogP contribution is -2.06. The number of anilines is 1. The minimum Gasteiger partial charge on any atom is -0.465 e. The fraction of sp³-hybridized carbons (Fsp3) is 0.231. The highest BCUT2D eigenvalue weighted by Crippen LogP contribution is 2.33. The van der Waals surface area contributed by atoms with Crippen LogP contribution in [0.1, 0.15) is 51.0 Å². The molecule has 33 heavy (non-hydrogen) atoms. The molecule has 6 nitrogen and oxygen atoms in total. The van der Waals surface area contributed by atoms with Gasteiger partial charge in [0.05, 0.1) is 24.8 Å². The summed E-state index contributed by atoms with van der Waals surface area (Å²) >= 11 is 1.24. The molecular weight excluding hydrogens is 434 g/mol. The van der Waals surface area contributed by atoms with Crippen molar-refractivity contribution in [2.45, 2.75) is 33.2 Å². The quantitative estimate of drug-likeness (QED) is 0.439. The van der Waals surface area contributed by atoms with E-state index >= 15 is 0 Å². The molecule has 3 rings (SSSR count). The maximum atomic E-state index is 12.1. The highest BCUT2D eigenvalue weighted by Gasteiger charge is 2.21. The fourth-order valence-electron chi connectivity index (χ4n) is 3.30. The summed E-state index contributed by atoms with van der Waals surface area (Å²) in [5.74, 6) is -0.644. The van der Waals surface area contributed by atoms with Crippen LogP contribution in [0.4, 0.5) is 5.69 Å². The molecule has 3 aromatic rings. The predicted octanol–water partition coefficient (Wildman–Crippen LogP) is 6.00. The van der Waals surface area contributed by atoms with Gasteiger partial charge >= 0.3 is 17.9 Å². The van der Waals surface area contributed by atoms with Crippen molar-refractivity contribution in [2.24, 2.45) is 0 Å². The lowest BCUT2D eigenvalue weighted by atomic mass is 9.99. The van der Waals surface area contributed by atoms with Gasteiger partial charge in [0.25, 0.3) is 0 Å². The van der Waals surface area contributed by atoms with Gasteiger partial charge in [0, 0.05) is 21.8 Å². The number of esters is 1. The molecule has 0 aliphatic rings. The molecule has 0 saturated carbocycles. The number of amides is 1. The Morgan fingerprint density at radius 3 is 2.55 bits per heavy atom. The van der Waals surface area contributed by atoms with E-state index in [4.69, 9.17) is 4.74 Å². The van der Waals surface area contributed by atoms with Crippen LogP contribution < -0.4 is 5.32 Å². The van der Waals surface area contributed by atoms with E-state index in [0.29, 0.717) is 29.1 Å². The Balaban J connectivity index is 1.80. The molecule has 0 fully saturated rings. The number of hydrogen-bond donors (Lipinski definition) is 1. The lowest BCUT2D eigenvalue weighted by Gasteiger charge is -2.09. The van der Waals surface area contributed by atoms with Gasteiger partial charge in [0.1, 0.15) is 16.5 Å². The number of nitriles is 1. The molecule has 7 heteroatoms. The second-order valence-electron chi connectivity index (χ2n) is 7.30. The van der Waals surface area contributed by atoms with E-state index in [-0.39, 0.29) is 5.91 Å². The molecule has 0 spiro atoms. The molecule has 0 bridgehead atoms. The minimum absolute atomic E-state index is 0.180. The molecule has 0 atom stereocenters. The Hall–Kier alpha value is -3.94. The van der Waals surface area contributed by atoms with Crippen molar-refractivity contribution in [1.29, 1.82) is 5.26 Å². The zero-order valence-electron chi connectivity index (χ0n) is 18.8. The summed E-state index contributed by atoms with van der Waals surface area (Å²) in [6, 6.07) is 20.6. The number of thiophene rings is 1. The van der Waals surface area contributed by atoms with E-state index in [9.17, 15) is 14.9 Å². The number of aryl methyl sites for hydroxylation is 1. The van der Waals surface area contributed by atoms with E-state index in [2.05, 4.69) is 22.3 Å². The minimum atomic E-state index is -0.464. The number of hydrogen-bond acceptors (Lipinski definition) is 6. The van der Waals surface area contributed by atoms with Gasteiger partial charge in [-0.05, 0) is 30.5 Å². The van der Waals surface area contributed by atoms with Crippen molar-refractivity contribution in [1.82, 2.24) is 0 Å². The zero-order valence-corrected chi connectivity index (χ0v) is 19.6. The van der Waals surface area contributed by atoms with Crippen LogP contribution in [0.5, 0.6) is 0 Å². The molecule has 166 valence electrons. The summed E-state index contributed by atoms with van der Waals surface area (Å²) in [5.41, 5.74) is 4.60. The van der Waals surface area contributed by atoms with Crippen LogP contribution in [0, 0.1) is 24.3 Å². The van der Waals surface area contributed by atoms with Crippen molar-refractivity contribution in [3.63, 3.8) is 0 Å². The van der Waals surface area contributed by atoms with Crippen molar-refractivity contribution < 1.29 is 14.3 Å². The molecule has 1 N–H and O–H groups in total. The Bertz CT molecular complexity index is 1270. The molecule has 0 aliphatic carbocycles. The summed E-state index contributed by atoms with van der Waals surface area (Å²) in [6.07, 6.45) is 1.16. The van der Waals surface area contributed by atoms with Crippen molar-refractivity contribution in [2.75, 3.05) is 12.4 Å². The van der Waals surface area contributed by atoms with E-state index in [1.807, 2.05) is 62.4 Å². The molecule has 2 aromatic carbocycles. The Labute approximate surface area is 197 Å². The number of rotatable bonds is 7. The maximum Gasteiger partial charge on any atom is 0.515 e. The number of benzene rings is 2.